The Bertz CT molecular complexity index is 496. The molecule has 1 N–H and O–H groups in total. The molecular formula is C12H11ClO4. The number of carbonyl (C=O) groups is 2. The molecule has 0 aromatic heterocycles. The van der Waals surface area contributed by atoms with Crippen LogP contribution in [-0.4, -0.2) is 23.5 Å². The second-order valence-electron chi connectivity index (χ2n) is 3.96. The molecule has 1 heterocycles. The van der Waals surface area contributed by atoms with Crippen molar-refractivity contribution < 1.29 is 19.4 Å². The van der Waals surface area contributed by atoms with Crippen LogP contribution in [0.25, 0.3) is 0 Å². The zero-order valence-electron chi connectivity index (χ0n) is 9.20. The predicted molar refractivity (Wildman–Crippen MR) is 61.9 cm³/mol. The minimum absolute atomic E-state index is 0.0624. The van der Waals surface area contributed by atoms with Gasteiger partial charge in [-0.3, -0.25) is 9.59 Å². The van der Waals surface area contributed by atoms with Crippen LogP contribution in [0.15, 0.2) is 12.1 Å². The molecule has 4 nitrogen and oxygen atoms in total. The van der Waals surface area contributed by atoms with Gasteiger partial charge >= 0.3 is 5.97 Å². The number of ketones is 1. The van der Waals surface area contributed by atoms with Gasteiger partial charge in [-0.05, 0) is 24.6 Å². The molecule has 5 heteroatoms. The summed E-state index contributed by atoms with van der Waals surface area (Å²) in [7, 11) is 0. The maximum atomic E-state index is 11.7. The first kappa shape index (κ1) is 11.9. The molecular weight excluding hydrogens is 244 g/mol. The number of carbonyl (C=O) groups excluding carboxylic acids is 1. The number of benzene rings is 1. The highest BCUT2D eigenvalue weighted by molar-refractivity contribution is 6.33. The highest BCUT2D eigenvalue weighted by Crippen LogP contribution is 2.35. The van der Waals surface area contributed by atoms with E-state index in [1.165, 1.54) is 6.07 Å². The van der Waals surface area contributed by atoms with Crippen molar-refractivity contribution in [2.24, 2.45) is 0 Å². The third-order valence-corrected chi connectivity index (χ3v) is 3.09. The summed E-state index contributed by atoms with van der Waals surface area (Å²) in [5.41, 5.74) is 0.895. The van der Waals surface area contributed by atoms with Crippen LogP contribution in [0.1, 0.15) is 35.2 Å². The molecule has 1 aromatic rings. The number of carboxylic acid groups (broad SMARTS) is 1. The highest BCUT2D eigenvalue weighted by Gasteiger charge is 2.24. The van der Waals surface area contributed by atoms with Gasteiger partial charge in [0.05, 0.1) is 23.1 Å². The summed E-state index contributed by atoms with van der Waals surface area (Å²) < 4.78 is 5.32. The lowest BCUT2D eigenvalue weighted by Crippen LogP contribution is -2.17. The molecule has 0 amide bonds. The van der Waals surface area contributed by atoms with Crippen molar-refractivity contribution in [2.45, 2.75) is 19.3 Å². The van der Waals surface area contributed by atoms with Gasteiger partial charge in [-0.15, -0.1) is 0 Å². The molecule has 1 aliphatic heterocycles. The van der Waals surface area contributed by atoms with Crippen molar-refractivity contribution in [1.82, 2.24) is 0 Å². The topological polar surface area (TPSA) is 63.6 Å². The lowest BCUT2D eigenvalue weighted by Gasteiger charge is -2.19. The van der Waals surface area contributed by atoms with Gasteiger partial charge in [0.25, 0.3) is 0 Å². The summed E-state index contributed by atoms with van der Waals surface area (Å²) in [4.78, 5) is 22.6. The number of halogens is 1. The van der Waals surface area contributed by atoms with Gasteiger partial charge in [0.2, 0.25) is 0 Å². The van der Waals surface area contributed by atoms with E-state index in [9.17, 15) is 9.59 Å². The van der Waals surface area contributed by atoms with Crippen molar-refractivity contribution in [3.05, 3.63) is 28.3 Å². The summed E-state index contributed by atoms with van der Waals surface area (Å²) in [6.45, 7) is 1.87. The van der Waals surface area contributed by atoms with Gasteiger partial charge in [-0.2, -0.15) is 0 Å². The molecule has 0 saturated heterocycles. The molecule has 0 bridgehead atoms. The first-order valence-corrected chi connectivity index (χ1v) is 5.60. The molecule has 1 atom stereocenters. The number of rotatable bonds is 2. The molecule has 0 spiro atoms. The average Bonchev–Trinajstić information content (AvgIpc) is 2.29. The second kappa shape index (κ2) is 4.37. The third-order valence-electron chi connectivity index (χ3n) is 2.81. The van der Waals surface area contributed by atoms with Crippen LogP contribution < -0.4 is 4.74 Å². The molecule has 90 valence electrons. The summed E-state index contributed by atoms with van der Waals surface area (Å²) in [6.07, 6.45) is 0.300. The second-order valence-corrected chi connectivity index (χ2v) is 4.37. The number of hydrogen-bond acceptors (Lipinski definition) is 3. The van der Waals surface area contributed by atoms with Crippen LogP contribution in [0.4, 0.5) is 0 Å². The van der Waals surface area contributed by atoms with E-state index in [0.29, 0.717) is 34.9 Å². The Morgan fingerprint density at radius 1 is 1.53 bits per heavy atom. The summed E-state index contributed by atoms with van der Waals surface area (Å²) in [6, 6.07) is 3.10. The first-order valence-electron chi connectivity index (χ1n) is 5.23. The van der Waals surface area contributed by atoms with Crippen LogP contribution >= 0.6 is 11.6 Å². The van der Waals surface area contributed by atoms with E-state index in [2.05, 4.69) is 0 Å². The van der Waals surface area contributed by atoms with Crippen molar-refractivity contribution >= 4 is 23.4 Å². The SMILES string of the molecule is CC(C(=O)O)c1cc(Cl)c2c(c1)C(=O)CCO2. The van der Waals surface area contributed by atoms with Crippen molar-refractivity contribution in [3.8, 4) is 5.75 Å². The monoisotopic (exact) mass is 254 g/mol. The minimum atomic E-state index is -0.954. The minimum Gasteiger partial charge on any atom is -0.491 e. The van der Waals surface area contributed by atoms with E-state index in [4.69, 9.17) is 21.4 Å². The maximum absolute atomic E-state index is 11.7. The van der Waals surface area contributed by atoms with Crippen molar-refractivity contribution in [3.63, 3.8) is 0 Å². The molecule has 0 radical (unpaired) electrons. The van der Waals surface area contributed by atoms with E-state index in [0.717, 1.165) is 0 Å². The zero-order chi connectivity index (χ0) is 12.6. The van der Waals surface area contributed by atoms with E-state index < -0.39 is 11.9 Å². The Morgan fingerprint density at radius 2 is 2.24 bits per heavy atom. The molecule has 2 rings (SSSR count). The highest BCUT2D eigenvalue weighted by atomic mass is 35.5. The maximum Gasteiger partial charge on any atom is 0.310 e. The quantitative estimate of drug-likeness (QED) is 0.881. The van der Waals surface area contributed by atoms with Gasteiger partial charge in [0.15, 0.2) is 5.78 Å². The summed E-state index contributed by atoms with van der Waals surface area (Å²) >= 11 is 5.99. The number of carboxylic acids is 1. The van der Waals surface area contributed by atoms with E-state index in [1.54, 1.807) is 13.0 Å². The molecule has 1 aliphatic rings. The van der Waals surface area contributed by atoms with Gasteiger partial charge in [0, 0.05) is 6.42 Å². The normalized spacial score (nSPS) is 16.0. The fourth-order valence-electron chi connectivity index (χ4n) is 1.74. The number of hydrogen-bond donors (Lipinski definition) is 1. The number of Topliss-reactive ketones (excluding diaryl/α,β-unsaturated/α-hetero) is 1. The molecule has 17 heavy (non-hydrogen) atoms. The van der Waals surface area contributed by atoms with Gasteiger partial charge < -0.3 is 9.84 Å². The Kier molecular flexibility index (Phi) is 3.07. The lowest BCUT2D eigenvalue weighted by molar-refractivity contribution is -0.138. The Hall–Kier alpha value is -1.55. The van der Waals surface area contributed by atoms with Crippen molar-refractivity contribution in [1.29, 1.82) is 0 Å². The standard InChI is InChI=1S/C12H11ClO4/c1-6(12(15)16)7-4-8-10(14)2-3-17-11(8)9(13)5-7/h4-6H,2-3H2,1H3,(H,15,16). The van der Waals surface area contributed by atoms with Gasteiger partial charge in [-0.1, -0.05) is 11.6 Å². The Balaban J connectivity index is 2.52. The molecule has 1 unspecified atom stereocenters. The fourth-order valence-corrected chi connectivity index (χ4v) is 2.02. The zero-order valence-corrected chi connectivity index (χ0v) is 9.95. The van der Waals surface area contributed by atoms with E-state index >= 15 is 0 Å². The number of fused-ring (bicyclic) bond motifs is 1. The average molecular weight is 255 g/mol. The Labute approximate surface area is 103 Å². The van der Waals surface area contributed by atoms with E-state index in [-0.39, 0.29) is 5.78 Å². The Morgan fingerprint density at radius 3 is 2.88 bits per heavy atom. The largest absolute Gasteiger partial charge is 0.491 e. The third kappa shape index (κ3) is 2.13. The first-order chi connectivity index (χ1) is 8.00. The van der Waals surface area contributed by atoms with Gasteiger partial charge in [0.1, 0.15) is 5.75 Å². The van der Waals surface area contributed by atoms with E-state index in [1.807, 2.05) is 0 Å². The van der Waals surface area contributed by atoms with Crippen LogP contribution in [-0.2, 0) is 4.79 Å². The van der Waals surface area contributed by atoms with Crippen molar-refractivity contribution in [2.75, 3.05) is 6.61 Å². The molecule has 0 saturated carbocycles. The molecule has 1 aromatic carbocycles. The summed E-state index contributed by atoms with van der Waals surface area (Å²) in [5, 5.41) is 9.23. The smallest absolute Gasteiger partial charge is 0.310 e. The number of ether oxygens (including phenoxy) is 1. The van der Waals surface area contributed by atoms with Crippen LogP contribution in [0.5, 0.6) is 5.75 Å². The van der Waals surface area contributed by atoms with Crippen LogP contribution in [0.3, 0.4) is 0 Å². The predicted octanol–water partition coefficient (Wildman–Crippen LogP) is 2.49. The van der Waals surface area contributed by atoms with Crippen LogP contribution in [0.2, 0.25) is 5.02 Å². The number of aliphatic carboxylic acids is 1. The summed E-state index contributed by atoms with van der Waals surface area (Å²) in [5.74, 6) is -1.35. The molecule has 0 fully saturated rings. The molecule has 0 aliphatic carbocycles. The van der Waals surface area contributed by atoms with Gasteiger partial charge in [-0.25, -0.2) is 0 Å². The lowest BCUT2D eigenvalue weighted by atomic mass is 9.95. The van der Waals surface area contributed by atoms with Crippen LogP contribution in [0, 0.1) is 0 Å². The fraction of sp³-hybridized carbons (Fsp3) is 0.333.